The maximum absolute atomic E-state index is 14.1. The van der Waals surface area contributed by atoms with Crippen LogP contribution in [0.4, 0.5) is 10.2 Å². The van der Waals surface area contributed by atoms with Crippen molar-refractivity contribution in [1.82, 2.24) is 20.5 Å². The van der Waals surface area contributed by atoms with Gasteiger partial charge in [-0.05, 0) is 55.6 Å². The first kappa shape index (κ1) is 25.7. The Kier molecular flexibility index (Phi) is 10.2. The van der Waals surface area contributed by atoms with Crippen molar-refractivity contribution in [3.8, 4) is 0 Å². The van der Waals surface area contributed by atoms with Crippen molar-refractivity contribution in [1.29, 1.82) is 0 Å². The molecule has 2 N–H and O–H groups in total. The van der Waals surface area contributed by atoms with Crippen LogP contribution in [-0.2, 0) is 13.1 Å². The van der Waals surface area contributed by atoms with Gasteiger partial charge in [-0.1, -0.05) is 37.1 Å². The molecule has 0 aliphatic carbocycles. The molecular weight excluding hydrogens is 530 g/mol. The van der Waals surface area contributed by atoms with Gasteiger partial charge in [0.05, 0.1) is 0 Å². The van der Waals surface area contributed by atoms with Gasteiger partial charge in [-0.15, -0.1) is 24.0 Å². The summed E-state index contributed by atoms with van der Waals surface area (Å²) in [6.07, 6.45) is 7.88. The number of likely N-dealkylation sites (tertiary alicyclic amines) is 1. The highest BCUT2D eigenvalue weighted by Gasteiger charge is 2.26. The lowest BCUT2D eigenvalue weighted by Gasteiger charge is -2.22. The van der Waals surface area contributed by atoms with Gasteiger partial charge in [-0.25, -0.2) is 9.37 Å². The van der Waals surface area contributed by atoms with Crippen molar-refractivity contribution in [3.05, 3.63) is 59.5 Å². The molecule has 6 nitrogen and oxygen atoms in total. The number of pyridine rings is 1. The Morgan fingerprint density at radius 1 is 1.06 bits per heavy atom. The summed E-state index contributed by atoms with van der Waals surface area (Å²) in [6.45, 7) is 5.62. The van der Waals surface area contributed by atoms with Crippen LogP contribution in [0, 0.1) is 5.82 Å². The van der Waals surface area contributed by atoms with Gasteiger partial charge in [-0.3, -0.25) is 9.89 Å². The molecule has 0 bridgehead atoms. The molecule has 2 fully saturated rings. The van der Waals surface area contributed by atoms with Crippen LogP contribution in [-0.4, -0.2) is 55.1 Å². The van der Waals surface area contributed by atoms with Crippen molar-refractivity contribution in [2.75, 3.05) is 38.1 Å². The molecule has 2 aromatic rings. The molecule has 1 aromatic heterocycles. The number of anilines is 1. The monoisotopic (exact) mass is 566 g/mol. The first-order valence-corrected chi connectivity index (χ1v) is 11.8. The number of hydrogen-bond acceptors (Lipinski definition) is 4. The van der Waals surface area contributed by atoms with Crippen molar-refractivity contribution in [2.24, 2.45) is 4.99 Å². The molecule has 1 atom stereocenters. The molecule has 8 heteroatoms. The average Bonchev–Trinajstić information content (AvgIpc) is 3.12. The molecule has 0 spiro atoms. The SMILES string of the molecule is CN=C(NCc1ccccc1CN1CCCCCC1)NC1CCN(c2ncccc2F)C1.I. The van der Waals surface area contributed by atoms with Gasteiger partial charge in [0.1, 0.15) is 0 Å². The summed E-state index contributed by atoms with van der Waals surface area (Å²) < 4.78 is 14.1. The van der Waals surface area contributed by atoms with Crippen molar-refractivity contribution >= 4 is 35.8 Å². The zero-order chi connectivity index (χ0) is 22.2. The summed E-state index contributed by atoms with van der Waals surface area (Å²) in [5.74, 6) is 0.946. The lowest BCUT2D eigenvalue weighted by atomic mass is 10.1. The Morgan fingerprint density at radius 2 is 1.82 bits per heavy atom. The van der Waals surface area contributed by atoms with Gasteiger partial charge in [0.2, 0.25) is 0 Å². The second-order valence-electron chi connectivity index (χ2n) is 8.77. The highest BCUT2D eigenvalue weighted by Crippen LogP contribution is 2.21. The fourth-order valence-corrected chi connectivity index (χ4v) is 4.67. The summed E-state index contributed by atoms with van der Waals surface area (Å²) in [6, 6.07) is 12.0. The topological polar surface area (TPSA) is 55.8 Å². The lowest BCUT2D eigenvalue weighted by Crippen LogP contribution is -2.44. The van der Waals surface area contributed by atoms with E-state index in [0.29, 0.717) is 12.4 Å². The predicted molar refractivity (Wildman–Crippen MR) is 144 cm³/mol. The maximum atomic E-state index is 14.1. The zero-order valence-corrected chi connectivity index (χ0v) is 21.8. The Labute approximate surface area is 214 Å². The fraction of sp³-hybridized carbons (Fsp3) is 0.520. The lowest BCUT2D eigenvalue weighted by molar-refractivity contribution is 0.276. The smallest absolute Gasteiger partial charge is 0.191 e. The van der Waals surface area contributed by atoms with Gasteiger partial charge >= 0.3 is 0 Å². The number of aromatic nitrogens is 1. The van der Waals surface area contributed by atoms with Crippen molar-refractivity contribution in [3.63, 3.8) is 0 Å². The van der Waals surface area contributed by atoms with E-state index in [1.165, 1.54) is 56.0 Å². The van der Waals surface area contributed by atoms with E-state index in [2.05, 4.69) is 49.8 Å². The number of rotatable bonds is 6. The van der Waals surface area contributed by atoms with Gasteiger partial charge in [0, 0.05) is 45.5 Å². The summed E-state index contributed by atoms with van der Waals surface area (Å²) in [4.78, 5) is 13.2. The molecule has 2 aliphatic rings. The minimum atomic E-state index is -0.267. The molecule has 1 unspecified atom stereocenters. The minimum absolute atomic E-state index is 0. The molecule has 3 heterocycles. The molecule has 180 valence electrons. The van der Waals surface area contributed by atoms with E-state index in [0.717, 1.165) is 32.0 Å². The molecule has 33 heavy (non-hydrogen) atoms. The van der Waals surface area contributed by atoms with Gasteiger partial charge < -0.3 is 15.5 Å². The molecule has 0 saturated carbocycles. The molecular formula is C25H36FIN6. The Hall–Kier alpha value is -1.94. The normalized spacial score (nSPS) is 19.6. The number of aliphatic imine (C=N–C) groups is 1. The Morgan fingerprint density at radius 3 is 2.55 bits per heavy atom. The van der Waals surface area contributed by atoms with Crippen LogP contribution in [0.5, 0.6) is 0 Å². The second kappa shape index (κ2) is 13.1. The Bertz CT molecular complexity index is 900. The number of guanidine groups is 1. The van der Waals surface area contributed by atoms with Crippen LogP contribution in [0.2, 0.25) is 0 Å². The van der Waals surface area contributed by atoms with Crippen LogP contribution in [0.15, 0.2) is 47.6 Å². The summed E-state index contributed by atoms with van der Waals surface area (Å²) in [5, 5.41) is 6.98. The van der Waals surface area contributed by atoms with E-state index in [1.807, 2.05) is 4.90 Å². The van der Waals surface area contributed by atoms with E-state index < -0.39 is 0 Å². The molecule has 0 radical (unpaired) electrons. The molecule has 4 rings (SSSR count). The van der Waals surface area contributed by atoms with Crippen LogP contribution in [0.1, 0.15) is 43.2 Å². The van der Waals surface area contributed by atoms with E-state index >= 15 is 0 Å². The number of halogens is 2. The highest BCUT2D eigenvalue weighted by atomic mass is 127. The third kappa shape index (κ3) is 7.27. The molecule has 1 aromatic carbocycles. The summed E-state index contributed by atoms with van der Waals surface area (Å²) in [7, 11) is 1.80. The standard InChI is InChI=1S/C25H35FN6.HI/c1-27-25(30-22-12-16-32(19-22)24-23(26)11-8-13-28-24)29-17-20-9-4-5-10-21(20)18-31-14-6-2-3-7-15-31;/h4-5,8-11,13,22H,2-3,6-7,12,14-19H2,1H3,(H2,27,29,30);1H. The quantitative estimate of drug-likeness (QED) is 0.313. The van der Waals surface area contributed by atoms with Crippen LogP contribution >= 0.6 is 24.0 Å². The third-order valence-corrected chi connectivity index (χ3v) is 6.45. The number of hydrogen-bond donors (Lipinski definition) is 2. The van der Waals surface area contributed by atoms with Crippen molar-refractivity contribution < 1.29 is 4.39 Å². The number of nitrogens with one attached hydrogen (secondary N) is 2. The van der Waals surface area contributed by atoms with Crippen LogP contribution < -0.4 is 15.5 Å². The maximum Gasteiger partial charge on any atom is 0.191 e. The molecule has 2 aliphatic heterocycles. The van der Waals surface area contributed by atoms with E-state index in [4.69, 9.17) is 0 Å². The largest absolute Gasteiger partial charge is 0.352 e. The average molecular weight is 567 g/mol. The summed E-state index contributed by atoms with van der Waals surface area (Å²) in [5.41, 5.74) is 2.69. The second-order valence-corrected chi connectivity index (χ2v) is 8.77. The minimum Gasteiger partial charge on any atom is -0.352 e. The van der Waals surface area contributed by atoms with Gasteiger partial charge in [0.15, 0.2) is 17.6 Å². The first-order valence-electron chi connectivity index (χ1n) is 11.8. The third-order valence-electron chi connectivity index (χ3n) is 6.45. The van der Waals surface area contributed by atoms with Gasteiger partial charge in [-0.2, -0.15) is 0 Å². The van der Waals surface area contributed by atoms with E-state index in [9.17, 15) is 4.39 Å². The van der Waals surface area contributed by atoms with Crippen LogP contribution in [0.25, 0.3) is 0 Å². The van der Waals surface area contributed by atoms with Crippen LogP contribution in [0.3, 0.4) is 0 Å². The first-order chi connectivity index (χ1) is 15.7. The Balaban J connectivity index is 0.00000306. The van der Waals surface area contributed by atoms with E-state index in [-0.39, 0.29) is 35.8 Å². The predicted octanol–water partition coefficient (Wildman–Crippen LogP) is 4.16. The van der Waals surface area contributed by atoms with E-state index in [1.54, 1.807) is 19.3 Å². The fourth-order valence-electron chi connectivity index (χ4n) is 4.67. The molecule has 2 saturated heterocycles. The van der Waals surface area contributed by atoms with Gasteiger partial charge in [0.25, 0.3) is 0 Å². The number of benzene rings is 1. The molecule has 0 amide bonds. The highest BCUT2D eigenvalue weighted by molar-refractivity contribution is 14.0. The van der Waals surface area contributed by atoms with Crippen molar-refractivity contribution in [2.45, 2.75) is 51.2 Å². The summed E-state index contributed by atoms with van der Waals surface area (Å²) >= 11 is 0. The number of nitrogens with zero attached hydrogens (tertiary/aromatic N) is 4. The zero-order valence-electron chi connectivity index (χ0n) is 19.5.